The van der Waals surface area contributed by atoms with E-state index in [9.17, 15) is 4.79 Å². The molecule has 0 heterocycles. The number of rotatable bonds is 13. The summed E-state index contributed by atoms with van der Waals surface area (Å²) in [7, 11) is 0. The van der Waals surface area contributed by atoms with Crippen molar-refractivity contribution in [3.05, 3.63) is 12.2 Å². The molecule has 0 saturated heterocycles. The number of allylic oxidation sites excluding steroid dienone is 2. The van der Waals surface area contributed by atoms with Crippen LogP contribution in [0.3, 0.4) is 0 Å². The summed E-state index contributed by atoms with van der Waals surface area (Å²) in [6.45, 7) is 3.36. The number of unbranched alkanes of at least 4 members (excludes halogenated alkanes) is 8. The van der Waals surface area contributed by atoms with Gasteiger partial charge < -0.3 is 4.74 Å². The lowest BCUT2D eigenvalue weighted by Gasteiger charge is -1.99. The van der Waals surface area contributed by atoms with Crippen molar-refractivity contribution in [2.45, 2.75) is 71.1 Å². The highest BCUT2D eigenvalue weighted by Crippen LogP contribution is 2.07. The van der Waals surface area contributed by atoms with E-state index in [0.717, 1.165) is 6.42 Å². The Bertz CT molecular complexity index is 176. The number of ether oxygens (including phenoxy) is 1. The second-order valence-electron chi connectivity index (χ2n) is 4.49. The van der Waals surface area contributed by atoms with Crippen LogP contribution in [0.5, 0.6) is 0 Å². The van der Waals surface area contributed by atoms with Gasteiger partial charge in [0.05, 0.1) is 6.61 Å². The summed E-state index contributed by atoms with van der Waals surface area (Å²) >= 11 is 0. The van der Waals surface area contributed by atoms with Crippen molar-refractivity contribution in [3.8, 4) is 0 Å². The largest absolute Gasteiger partial charge is 0.468 e. The molecule has 0 fully saturated rings. The molecule has 0 bridgehead atoms. The molecule has 0 rings (SSSR count). The molecule has 0 aliphatic carbocycles. The summed E-state index contributed by atoms with van der Waals surface area (Å²) in [5.74, 6) is 0. The van der Waals surface area contributed by atoms with Crippen LogP contribution in [0.1, 0.15) is 71.1 Å². The van der Waals surface area contributed by atoms with E-state index in [-0.39, 0.29) is 0 Å². The summed E-state index contributed by atoms with van der Waals surface area (Å²) in [5, 5.41) is 0. The number of carbonyl (C=O) groups is 1. The van der Waals surface area contributed by atoms with Crippen LogP contribution in [0, 0.1) is 0 Å². The lowest BCUT2D eigenvalue weighted by molar-refractivity contribution is -0.128. The maximum Gasteiger partial charge on any atom is 0.293 e. The Morgan fingerprint density at radius 3 is 2.06 bits per heavy atom. The van der Waals surface area contributed by atoms with E-state index < -0.39 is 0 Å². The van der Waals surface area contributed by atoms with Crippen LogP contribution >= 0.6 is 0 Å². The third-order valence-electron chi connectivity index (χ3n) is 2.84. The summed E-state index contributed by atoms with van der Waals surface area (Å²) in [4.78, 5) is 9.88. The molecule has 2 heteroatoms. The smallest absolute Gasteiger partial charge is 0.293 e. The van der Waals surface area contributed by atoms with E-state index in [1.165, 1.54) is 57.8 Å². The third-order valence-corrected chi connectivity index (χ3v) is 2.84. The monoisotopic (exact) mass is 240 g/mol. The molecule has 0 saturated carbocycles. The highest BCUT2D eigenvalue weighted by atomic mass is 16.5. The molecule has 0 atom stereocenters. The molecule has 0 N–H and O–H groups in total. The van der Waals surface area contributed by atoms with Gasteiger partial charge in [-0.05, 0) is 32.1 Å². The fraction of sp³-hybridized carbons (Fsp3) is 0.800. The van der Waals surface area contributed by atoms with Crippen LogP contribution < -0.4 is 0 Å². The summed E-state index contributed by atoms with van der Waals surface area (Å²) < 4.78 is 4.63. The lowest BCUT2D eigenvalue weighted by Crippen LogP contribution is -1.91. The van der Waals surface area contributed by atoms with E-state index in [0.29, 0.717) is 13.1 Å². The molecule has 0 aromatic carbocycles. The normalized spacial score (nSPS) is 10.9. The van der Waals surface area contributed by atoms with Gasteiger partial charge in [-0.1, -0.05) is 51.2 Å². The zero-order chi connectivity index (χ0) is 12.6. The van der Waals surface area contributed by atoms with E-state index in [4.69, 9.17) is 0 Å². The van der Waals surface area contributed by atoms with Crippen LogP contribution in [-0.4, -0.2) is 13.1 Å². The lowest BCUT2D eigenvalue weighted by atomic mass is 10.1. The molecule has 0 spiro atoms. The van der Waals surface area contributed by atoms with Crippen molar-refractivity contribution < 1.29 is 9.53 Å². The minimum atomic E-state index is 0.531. The number of carbonyl (C=O) groups excluding carboxylic acids is 1. The molecule has 0 aliphatic rings. The Hall–Kier alpha value is -0.790. The van der Waals surface area contributed by atoms with Gasteiger partial charge in [-0.3, -0.25) is 4.79 Å². The molecule has 0 aromatic rings. The second kappa shape index (κ2) is 15.2. The van der Waals surface area contributed by atoms with Gasteiger partial charge in [0.15, 0.2) is 0 Å². The predicted octanol–water partition coefficient (Wildman–Crippen LogP) is 4.64. The summed E-state index contributed by atoms with van der Waals surface area (Å²) in [6.07, 6.45) is 17.1. The van der Waals surface area contributed by atoms with Crippen LogP contribution in [0.15, 0.2) is 12.2 Å². The van der Waals surface area contributed by atoms with Gasteiger partial charge in [-0.15, -0.1) is 0 Å². The first-order valence-electron chi connectivity index (χ1n) is 7.12. The Morgan fingerprint density at radius 2 is 1.41 bits per heavy atom. The average molecular weight is 240 g/mol. The fourth-order valence-electron chi connectivity index (χ4n) is 1.77. The maximum absolute atomic E-state index is 9.88. The third kappa shape index (κ3) is 15.2. The first kappa shape index (κ1) is 16.2. The van der Waals surface area contributed by atoms with Gasteiger partial charge >= 0.3 is 0 Å². The Balaban J connectivity index is 2.99. The van der Waals surface area contributed by atoms with Crippen LogP contribution in [-0.2, 0) is 9.53 Å². The summed E-state index contributed by atoms with van der Waals surface area (Å²) in [5.41, 5.74) is 0. The quantitative estimate of drug-likeness (QED) is 0.266. The highest BCUT2D eigenvalue weighted by molar-refractivity contribution is 5.36. The molecule has 0 radical (unpaired) electrons. The van der Waals surface area contributed by atoms with Crippen LogP contribution in [0.4, 0.5) is 0 Å². The molecule has 0 aromatic heterocycles. The average Bonchev–Trinajstić information content (AvgIpc) is 2.35. The Labute approximate surface area is 106 Å². The highest BCUT2D eigenvalue weighted by Gasteiger charge is 1.90. The molecule has 0 aliphatic heterocycles. The molecular formula is C15H28O2. The predicted molar refractivity (Wildman–Crippen MR) is 73.0 cm³/mol. The Morgan fingerprint density at radius 1 is 0.824 bits per heavy atom. The fourth-order valence-corrected chi connectivity index (χ4v) is 1.77. The SMILES string of the molecule is CCCCC/C=C/CCCCCCCOC=O. The standard InChI is InChI=1S/C15H28O2/c1-2-3-4-5-6-7-8-9-10-11-12-13-14-17-15-16/h6-7,15H,2-5,8-14H2,1H3/b7-6+. The number of hydrogen-bond donors (Lipinski definition) is 0. The van der Waals surface area contributed by atoms with E-state index in [1.54, 1.807) is 0 Å². The van der Waals surface area contributed by atoms with Gasteiger partial charge in [0, 0.05) is 0 Å². The molecule has 0 amide bonds. The number of hydrogen-bond acceptors (Lipinski definition) is 2. The zero-order valence-electron chi connectivity index (χ0n) is 11.3. The van der Waals surface area contributed by atoms with Crippen molar-refractivity contribution in [1.82, 2.24) is 0 Å². The van der Waals surface area contributed by atoms with Crippen molar-refractivity contribution in [3.63, 3.8) is 0 Å². The topological polar surface area (TPSA) is 26.3 Å². The molecule has 100 valence electrons. The zero-order valence-corrected chi connectivity index (χ0v) is 11.3. The molecular weight excluding hydrogens is 212 g/mol. The first-order chi connectivity index (χ1) is 8.41. The van der Waals surface area contributed by atoms with Crippen LogP contribution in [0.2, 0.25) is 0 Å². The van der Waals surface area contributed by atoms with Gasteiger partial charge in [-0.2, -0.15) is 0 Å². The van der Waals surface area contributed by atoms with Gasteiger partial charge in [0.1, 0.15) is 0 Å². The minimum Gasteiger partial charge on any atom is -0.468 e. The maximum atomic E-state index is 9.88. The Kier molecular flexibility index (Phi) is 14.5. The minimum absolute atomic E-state index is 0.531. The van der Waals surface area contributed by atoms with Crippen molar-refractivity contribution in [1.29, 1.82) is 0 Å². The van der Waals surface area contributed by atoms with E-state index in [2.05, 4.69) is 23.8 Å². The van der Waals surface area contributed by atoms with Gasteiger partial charge in [0.25, 0.3) is 6.47 Å². The van der Waals surface area contributed by atoms with Gasteiger partial charge in [0.2, 0.25) is 0 Å². The van der Waals surface area contributed by atoms with Gasteiger partial charge in [-0.25, -0.2) is 0 Å². The molecule has 0 unspecified atom stereocenters. The molecule has 17 heavy (non-hydrogen) atoms. The molecule has 2 nitrogen and oxygen atoms in total. The van der Waals surface area contributed by atoms with E-state index in [1.807, 2.05) is 0 Å². The second-order valence-corrected chi connectivity index (χ2v) is 4.49. The van der Waals surface area contributed by atoms with Crippen molar-refractivity contribution >= 4 is 6.47 Å². The van der Waals surface area contributed by atoms with Crippen LogP contribution in [0.25, 0.3) is 0 Å². The van der Waals surface area contributed by atoms with E-state index >= 15 is 0 Å². The first-order valence-corrected chi connectivity index (χ1v) is 7.12. The van der Waals surface area contributed by atoms with Crippen molar-refractivity contribution in [2.75, 3.05) is 6.61 Å². The van der Waals surface area contributed by atoms with Crippen molar-refractivity contribution in [2.24, 2.45) is 0 Å². The summed E-state index contributed by atoms with van der Waals surface area (Å²) in [6, 6.07) is 0.